The number of nitrogens with two attached hydrogens (primary N) is 1. The number of rotatable bonds is 6. The summed E-state index contributed by atoms with van der Waals surface area (Å²) >= 11 is 0. The predicted octanol–water partition coefficient (Wildman–Crippen LogP) is 1.61. The van der Waals surface area contributed by atoms with E-state index >= 15 is 0 Å². The van der Waals surface area contributed by atoms with Crippen molar-refractivity contribution in [3.63, 3.8) is 0 Å². The number of hydrogen-bond acceptors (Lipinski definition) is 4. The lowest BCUT2D eigenvalue weighted by atomic mass is 9.98. The Kier molecular flexibility index (Phi) is 5.38. The van der Waals surface area contributed by atoms with Gasteiger partial charge >= 0.3 is 0 Å². The van der Waals surface area contributed by atoms with Crippen molar-refractivity contribution in [1.82, 2.24) is 5.32 Å². The van der Waals surface area contributed by atoms with Gasteiger partial charge in [-0.3, -0.25) is 0 Å². The molecule has 0 saturated heterocycles. The second-order valence-corrected chi connectivity index (χ2v) is 5.41. The van der Waals surface area contributed by atoms with Gasteiger partial charge in [-0.2, -0.15) is 0 Å². The van der Waals surface area contributed by atoms with Gasteiger partial charge in [-0.05, 0) is 24.3 Å². The summed E-state index contributed by atoms with van der Waals surface area (Å²) < 4.78 is 0. The van der Waals surface area contributed by atoms with Crippen LogP contribution in [0.1, 0.15) is 37.3 Å². The van der Waals surface area contributed by atoms with Gasteiger partial charge in [0.15, 0.2) is 0 Å². The van der Waals surface area contributed by atoms with E-state index in [1.807, 2.05) is 30.3 Å². The number of oxime groups is 1. The van der Waals surface area contributed by atoms with Crippen molar-refractivity contribution in [2.24, 2.45) is 16.8 Å². The molecular weight excluding hydrogens is 254 g/mol. The molecule has 5 N–H and O–H groups in total. The third-order valence-electron chi connectivity index (χ3n) is 4.05. The maximum atomic E-state index is 9.42. The van der Waals surface area contributed by atoms with Crippen LogP contribution in [0, 0.1) is 5.92 Å². The van der Waals surface area contributed by atoms with Gasteiger partial charge in [0.1, 0.15) is 5.84 Å². The van der Waals surface area contributed by atoms with Crippen molar-refractivity contribution in [2.75, 3.05) is 6.61 Å². The van der Waals surface area contributed by atoms with Crippen molar-refractivity contribution in [1.29, 1.82) is 0 Å². The van der Waals surface area contributed by atoms with E-state index in [0.717, 1.165) is 24.8 Å². The van der Waals surface area contributed by atoms with E-state index in [1.54, 1.807) is 0 Å². The highest BCUT2D eigenvalue weighted by Crippen LogP contribution is 2.28. The number of nitrogens with zero attached hydrogens (tertiary/aromatic N) is 1. The van der Waals surface area contributed by atoms with E-state index in [1.165, 1.54) is 0 Å². The fourth-order valence-electron chi connectivity index (χ4n) is 2.94. The Bertz CT molecular complexity index is 436. The van der Waals surface area contributed by atoms with Crippen LogP contribution in [-0.2, 0) is 0 Å². The second kappa shape index (κ2) is 7.26. The Morgan fingerprint density at radius 2 is 2.10 bits per heavy atom. The number of hydrogen-bond donors (Lipinski definition) is 4. The molecule has 5 heteroatoms. The molecule has 1 fully saturated rings. The molecule has 0 spiro atoms. The first-order chi connectivity index (χ1) is 9.74. The molecule has 1 saturated carbocycles. The van der Waals surface area contributed by atoms with Crippen LogP contribution in [-0.4, -0.2) is 28.8 Å². The van der Waals surface area contributed by atoms with Gasteiger partial charge in [0.05, 0.1) is 0 Å². The molecule has 0 amide bonds. The van der Waals surface area contributed by atoms with Gasteiger partial charge in [-0.1, -0.05) is 41.9 Å². The molecule has 0 aliphatic heterocycles. The Labute approximate surface area is 119 Å². The van der Waals surface area contributed by atoms with Crippen LogP contribution in [0.4, 0.5) is 0 Å². The lowest BCUT2D eigenvalue weighted by molar-refractivity contribution is 0.199. The van der Waals surface area contributed by atoms with Gasteiger partial charge in [0.25, 0.3) is 0 Å². The standard InChI is InChI=1S/C15H23N3O2/c16-15(18-20)9-14(11-5-2-1-3-6-11)17-13-8-4-7-12(13)10-19/h1-3,5-6,12-14,17,19-20H,4,7-10H2,(H2,16,18). The second-order valence-electron chi connectivity index (χ2n) is 5.41. The molecule has 5 nitrogen and oxygen atoms in total. The van der Waals surface area contributed by atoms with Gasteiger partial charge in [-0.25, -0.2) is 0 Å². The highest BCUT2D eigenvalue weighted by Gasteiger charge is 2.29. The molecule has 110 valence electrons. The van der Waals surface area contributed by atoms with Crippen LogP contribution in [0.25, 0.3) is 0 Å². The molecule has 1 aromatic rings. The zero-order valence-electron chi connectivity index (χ0n) is 11.6. The summed E-state index contributed by atoms with van der Waals surface area (Å²) in [5, 5.41) is 24.8. The van der Waals surface area contributed by atoms with Gasteiger partial charge in [0, 0.05) is 25.1 Å². The molecule has 3 atom stereocenters. The summed E-state index contributed by atoms with van der Waals surface area (Å²) in [6.07, 6.45) is 3.70. The minimum atomic E-state index is 0.00394. The smallest absolute Gasteiger partial charge is 0.141 e. The molecule has 3 unspecified atom stereocenters. The molecule has 2 rings (SSSR count). The largest absolute Gasteiger partial charge is 0.409 e. The maximum Gasteiger partial charge on any atom is 0.141 e. The fourth-order valence-corrected chi connectivity index (χ4v) is 2.94. The Hall–Kier alpha value is -1.59. The van der Waals surface area contributed by atoms with Crippen LogP contribution in [0.5, 0.6) is 0 Å². The number of nitrogens with one attached hydrogen (secondary N) is 1. The minimum Gasteiger partial charge on any atom is -0.409 e. The van der Waals surface area contributed by atoms with E-state index in [4.69, 9.17) is 10.9 Å². The van der Waals surface area contributed by atoms with E-state index in [-0.39, 0.29) is 24.5 Å². The lowest BCUT2D eigenvalue weighted by Crippen LogP contribution is -2.38. The van der Waals surface area contributed by atoms with Crippen molar-refractivity contribution < 1.29 is 10.3 Å². The van der Waals surface area contributed by atoms with Crippen molar-refractivity contribution >= 4 is 5.84 Å². The molecule has 1 aliphatic rings. The van der Waals surface area contributed by atoms with Crippen LogP contribution in [0.2, 0.25) is 0 Å². The van der Waals surface area contributed by atoms with E-state index in [9.17, 15) is 5.11 Å². The molecule has 0 aromatic heterocycles. The number of benzene rings is 1. The molecule has 0 bridgehead atoms. The van der Waals surface area contributed by atoms with E-state index in [0.29, 0.717) is 12.3 Å². The lowest BCUT2D eigenvalue weighted by Gasteiger charge is -2.26. The highest BCUT2D eigenvalue weighted by molar-refractivity contribution is 5.80. The summed E-state index contributed by atoms with van der Waals surface area (Å²) in [4.78, 5) is 0. The maximum absolute atomic E-state index is 9.42. The molecule has 0 heterocycles. The summed E-state index contributed by atoms with van der Waals surface area (Å²) in [6.45, 7) is 0.211. The van der Waals surface area contributed by atoms with Crippen LogP contribution in [0.15, 0.2) is 35.5 Å². The zero-order chi connectivity index (χ0) is 14.4. The van der Waals surface area contributed by atoms with E-state index in [2.05, 4.69) is 10.5 Å². The quantitative estimate of drug-likeness (QED) is 0.275. The molecule has 1 aromatic carbocycles. The highest BCUT2D eigenvalue weighted by atomic mass is 16.4. The zero-order valence-corrected chi connectivity index (χ0v) is 11.6. The van der Waals surface area contributed by atoms with Crippen molar-refractivity contribution in [2.45, 2.75) is 37.8 Å². The van der Waals surface area contributed by atoms with Crippen LogP contribution >= 0.6 is 0 Å². The monoisotopic (exact) mass is 277 g/mol. The Balaban J connectivity index is 2.10. The minimum absolute atomic E-state index is 0.00394. The van der Waals surface area contributed by atoms with Gasteiger partial charge in [-0.15, -0.1) is 0 Å². The van der Waals surface area contributed by atoms with Crippen molar-refractivity contribution in [3.05, 3.63) is 35.9 Å². The summed E-state index contributed by atoms with van der Waals surface area (Å²) in [7, 11) is 0. The number of amidine groups is 1. The van der Waals surface area contributed by atoms with E-state index < -0.39 is 0 Å². The fraction of sp³-hybridized carbons (Fsp3) is 0.533. The summed E-state index contributed by atoms with van der Waals surface area (Å²) in [5.41, 5.74) is 6.78. The average molecular weight is 277 g/mol. The van der Waals surface area contributed by atoms with Crippen LogP contribution < -0.4 is 11.1 Å². The van der Waals surface area contributed by atoms with Crippen LogP contribution in [0.3, 0.4) is 0 Å². The first-order valence-electron chi connectivity index (χ1n) is 7.13. The molecule has 1 aliphatic carbocycles. The molecule has 0 radical (unpaired) electrons. The third kappa shape index (κ3) is 3.71. The predicted molar refractivity (Wildman–Crippen MR) is 78.6 cm³/mol. The van der Waals surface area contributed by atoms with Gasteiger partial charge in [0.2, 0.25) is 0 Å². The first kappa shape index (κ1) is 14.8. The number of aliphatic hydroxyl groups is 1. The topological polar surface area (TPSA) is 90.9 Å². The Morgan fingerprint density at radius 3 is 2.75 bits per heavy atom. The average Bonchev–Trinajstić information content (AvgIpc) is 2.94. The first-order valence-corrected chi connectivity index (χ1v) is 7.13. The summed E-state index contributed by atoms with van der Waals surface area (Å²) in [6, 6.07) is 10.3. The normalized spacial score (nSPS) is 24.8. The number of aliphatic hydroxyl groups excluding tert-OH is 1. The molecule has 20 heavy (non-hydrogen) atoms. The van der Waals surface area contributed by atoms with Gasteiger partial charge < -0.3 is 21.4 Å². The molecular formula is C15H23N3O2. The van der Waals surface area contributed by atoms with Crippen molar-refractivity contribution in [3.8, 4) is 0 Å². The Morgan fingerprint density at radius 1 is 1.35 bits per heavy atom. The third-order valence-corrected chi connectivity index (χ3v) is 4.05. The summed E-state index contributed by atoms with van der Waals surface area (Å²) in [5.74, 6) is 0.512. The SMILES string of the molecule is N/C(CC(NC1CCCC1CO)c1ccccc1)=N/O.